The summed E-state index contributed by atoms with van der Waals surface area (Å²) < 4.78 is 0. The predicted molar refractivity (Wildman–Crippen MR) is 157 cm³/mol. The van der Waals surface area contributed by atoms with E-state index in [0.29, 0.717) is 13.1 Å². The lowest BCUT2D eigenvalue weighted by Crippen LogP contribution is -2.34. The van der Waals surface area contributed by atoms with Gasteiger partial charge in [0.15, 0.2) is 5.78 Å². The molecule has 0 aliphatic carbocycles. The van der Waals surface area contributed by atoms with Crippen LogP contribution in [-0.4, -0.2) is 57.0 Å². The highest BCUT2D eigenvalue weighted by molar-refractivity contribution is 6.10. The number of likely N-dealkylation sites (N-methyl/N-ethyl adjacent to an activating group) is 1. The SMILES string of the molecule is CCN(CC)c1ccc(C=CC=C2CN(C)CC(=CC=Cc3ccc(N(CC)CC)cc3)C2=O)cc1. The summed E-state index contributed by atoms with van der Waals surface area (Å²) in [6.07, 6.45) is 12.0. The van der Waals surface area contributed by atoms with E-state index in [0.717, 1.165) is 48.5 Å². The zero-order valence-electron chi connectivity index (χ0n) is 22.6. The number of allylic oxidation sites excluding steroid dienone is 4. The summed E-state index contributed by atoms with van der Waals surface area (Å²) >= 11 is 0. The fraction of sp³-hybridized carbons (Fsp3) is 0.344. The lowest BCUT2D eigenvalue weighted by atomic mass is 9.97. The van der Waals surface area contributed by atoms with Crippen LogP contribution >= 0.6 is 0 Å². The highest BCUT2D eigenvalue weighted by Gasteiger charge is 2.22. The molecule has 0 radical (unpaired) electrons. The van der Waals surface area contributed by atoms with Gasteiger partial charge in [-0.05, 0) is 70.1 Å². The first-order valence-corrected chi connectivity index (χ1v) is 13.2. The fourth-order valence-corrected chi connectivity index (χ4v) is 4.56. The summed E-state index contributed by atoms with van der Waals surface area (Å²) in [5, 5.41) is 0. The van der Waals surface area contributed by atoms with E-state index in [1.165, 1.54) is 11.4 Å². The molecule has 4 heteroatoms. The number of benzene rings is 2. The second-order valence-corrected chi connectivity index (χ2v) is 9.13. The van der Waals surface area contributed by atoms with Crippen molar-refractivity contribution in [3.63, 3.8) is 0 Å². The van der Waals surface area contributed by atoms with Crippen molar-refractivity contribution in [3.05, 3.63) is 95.1 Å². The van der Waals surface area contributed by atoms with Crippen LogP contribution in [0, 0.1) is 0 Å². The molecule has 0 atom stereocenters. The summed E-state index contributed by atoms with van der Waals surface area (Å²) in [6.45, 7) is 14.0. The average Bonchev–Trinajstić information content (AvgIpc) is 2.89. The Kier molecular flexibility index (Phi) is 10.3. The number of piperidine rings is 1. The van der Waals surface area contributed by atoms with Gasteiger partial charge in [0, 0.05) is 61.8 Å². The molecule has 0 saturated carbocycles. The number of Topliss-reactive ketones (excluding diaryl/α,β-unsaturated/α-hetero) is 1. The van der Waals surface area contributed by atoms with E-state index < -0.39 is 0 Å². The summed E-state index contributed by atoms with van der Waals surface area (Å²) in [7, 11) is 2.05. The number of carbonyl (C=O) groups is 1. The Morgan fingerprint density at radius 1 is 0.667 bits per heavy atom. The van der Waals surface area contributed by atoms with Crippen LogP contribution in [-0.2, 0) is 4.79 Å². The lowest BCUT2D eigenvalue weighted by molar-refractivity contribution is -0.113. The average molecular weight is 484 g/mol. The third-order valence-corrected chi connectivity index (χ3v) is 6.68. The molecule has 2 aromatic carbocycles. The molecule has 190 valence electrons. The van der Waals surface area contributed by atoms with Gasteiger partial charge in [-0.15, -0.1) is 0 Å². The highest BCUT2D eigenvalue weighted by atomic mass is 16.1. The van der Waals surface area contributed by atoms with Crippen molar-refractivity contribution in [2.45, 2.75) is 27.7 Å². The number of hydrogen-bond donors (Lipinski definition) is 0. The van der Waals surface area contributed by atoms with Crippen LogP contribution in [0.25, 0.3) is 12.2 Å². The molecule has 0 aromatic heterocycles. The van der Waals surface area contributed by atoms with Gasteiger partial charge in [-0.3, -0.25) is 9.69 Å². The largest absolute Gasteiger partial charge is 0.372 e. The maximum Gasteiger partial charge on any atom is 0.187 e. The molecule has 0 spiro atoms. The Bertz CT molecular complexity index is 1010. The smallest absolute Gasteiger partial charge is 0.187 e. The molecule has 3 rings (SSSR count). The van der Waals surface area contributed by atoms with Crippen molar-refractivity contribution in [2.24, 2.45) is 0 Å². The van der Waals surface area contributed by atoms with Crippen LogP contribution < -0.4 is 9.80 Å². The van der Waals surface area contributed by atoms with Crippen molar-refractivity contribution in [2.75, 3.05) is 56.1 Å². The summed E-state index contributed by atoms with van der Waals surface area (Å²) in [5.74, 6) is 0.135. The number of nitrogens with zero attached hydrogens (tertiary/aromatic N) is 3. The first-order valence-electron chi connectivity index (χ1n) is 13.2. The number of anilines is 2. The minimum atomic E-state index is 0.135. The van der Waals surface area contributed by atoms with Gasteiger partial charge >= 0.3 is 0 Å². The van der Waals surface area contributed by atoms with Crippen LogP contribution in [0.15, 0.2) is 84.0 Å². The van der Waals surface area contributed by atoms with Gasteiger partial charge in [0.25, 0.3) is 0 Å². The van der Waals surface area contributed by atoms with E-state index in [-0.39, 0.29) is 5.78 Å². The Morgan fingerprint density at radius 3 is 1.36 bits per heavy atom. The van der Waals surface area contributed by atoms with Gasteiger partial charge in [-0.25, -0.2) is 0 Å². The maximum absolute atomic E-state index is 13.1. The zero-order valence-corrected chi connectivity index (χ0v) is 22.6. The molecule has 1 aliphatic heterocycles. The molecule has 1 saturated heterocycles. The van der Waals surface area contributed by atoms with Crippen LogP contribution in [0.3, 0.4) is 0 Å². The molecular formula is C32H41N3O. The van der Waals surface area contributed by atoms with E-state index in [2.05, 4.69) is 110 Å². The minimum Gasteiger partial charge on any atom is -0.372 e. The van der Waals surface area contributed by atoms with Gasteiger partial charge in [-0.1, -0.05) is 60.7 Å². The van der Waals surface area contributed by atoms with E-state index >= 15 is 0 Å². The van der Waals surface area contributed by atoms with E-state index in [1.807, 2.05) is 24.3 Å². The molecule has 0 amide bonds. The number of ketones is 1. The minimum absolute atomic E-state index is 0.135. The first kappa shape index (κ1) is 27.2. The standard InChI is InChI=1S/C32H41N3O/c1-6-34(7-2)30-20-16-26(17-21-30)12-10-14-28-24-33(5)25-29(32(28)36)15-11-13-27-18-22-31(23-19-27)35(8-3)9-4/h10-23H,6-9,24-25H2,1-5H3. The monoisotopic (exact) mass is 483 g/mol. The molecule has 0 unspecified atom stereocenters. The van der Waals surface area contributed by atoms with Crippen molar-refractivity contribution in [1.82, 2.24) is 4.90 Å². The summed E-state index contributed by atoms with van der Waals surface area (Å²) in [5.41, 5.74) is 6.38. The Morgan fingerprint density at radius 2 is 1.03 bits per heavy atom. The molecule has 4 nitrogen and oxygen atoms in total. The normalized spacial score (nSPS) is 17.1. The second kappa shape index (κ2) is 13.6. The van der Waals surface area contributed by atoms with Gasteiger partial charge in [-0.2, -0.15) is 0 Å². The quantitative estimate of drug-likeness (QED) is 0.362. The molecule has 36 heavy (non-hydrogen) atoms. The molecule has 1 fully saturated rings. The third-order valence-electron chi connectivity index (χ3n) is 6.68. The molecule has 2 aromatic rings. The lowest BCUT2D eigenvalue weighted by Gasteiger charge is -2.25. The molecule has 1 aliphatic rings. The van der Waals surface area contributed by atoms with Crippen molar-refractivity contribution in [3.8, 4) is 0 Å². The Hall–Kier alpha value is -3.37. The second-order valence-electron chi connectivity index (χ2n) is 9.13. The maximum atomic E-state index is 13.1. The molecular weight excluding hydrogens is 442 g/mol. The van der Waals surface area contributed by atoms with Crippen molar-refractivity contribution in [1.29, 1.82) is 0 Å². The van der Waals surface area contributed by atoms with E-state index in [4.69, 9.17) is 0 Å². The third kappa shape index (κ3) is 7.32. The molecule has 0 N–H and O–H groups in total. The first-order chi connectivity index (χ1) is 17.5. The van der Waals surface area contributed by atoms with Crippen LogP contribution in [0.5, 0.6) is 0 Å². The van der Waals surface area contributed by atoms with Gasteiger partial charge in [0.1, 0.15) is 0 Å². The van der Waals surface area contributed by atoms with Crippen LogP contribution in [0.1, 0.15) is 38.8 Å². The van der Waals surface area contributed by atoms with Crippen molar-refractivity contribution >= 4 is 29.3 Å². The number of likely N-dealkylation sites (tertiary alicyclic amines) is 1. The number of hydrogen-bond acceptors (Lipinski definition) is 4. The molecule has 0 bridgehead atoms. The summed E-state index contributed by atoms with van der Waals surface area (Å²) in [6, 6.07) is 17.1. The van der Waals surface area contributed by atoms with Gasteiger partial charge in [0.05, 0.1) is 0 Å². The zero-order chi connectivity index (χ0) is 25.9. The highest BCUT2D eigenvalue weighted by Crippen LogP contribution is 2.19. The van der Waals surface area contributed by atoms with E-state index in [9.17, 15) is 4.79 Å². The number of carbonyl (C=O) groups excluding carboxylic acids is 1. The van der Waals surface area contributed by atoms with E-state index in [1.54, 1.807) is 0 Å². The summed E-state index contributed by atoms with van der Waals surface area (Å²) in [4.78, 5) is 19.9. The van der Waals surface area contributed by atoms with Gasteiger partial charge < -0.3 is 9.80 Å². The van der Waals surface area contributed by atoms with Crippen LogP contribution in [0.4, 0.5) is 11.4 Å². The number of rotatable bonds is 10. The van der Waals surface area contributed by atoms with Crippen molar-refractivity contribution < 1.29 is 4.79 Å². The topological polar surface area (TPSA) is 26.8 Å². The fourth-order valence-electron chi connectivity index (χ4n) is 4.56. The predicted octanol–water partition coefficient (Wildman–Crippen LogP) is 6.47. The Balaban J connectivity index is 1.66. The van der Waals surface area contributed by atoms with Crippen LogP contribution in [0.2, 0.25) is 0 Å². The van der Waals surface area contributed by atoms with Gasteiger partial charge in [0.2, 0.25) is 0 Å². The molecule has 1 heterocycles. The Labute approximate surface area is 217 Å².